The van der Waals surface area contributed by atoms with Gasteiger partial charge < -0.3 is 9.47 Å². The van der Waals surface area contributed by atoms with Crippen LogP contribution in [0, 0.1) is 19.7 Å². The van der Waals surface area contributed by atoms with Crippen molar-refractivity contribution in [2.24, 2.45) is 0 Å². The summed E-state index contributed by atoms with van der Waals surface area (Å²) < 4.78 is 24.4. The van der Waals surface area contributed by atoms with Gasteiger partial charge in [0, 0.05) is 7.11 Å². The second-order valence-electron chi connectivity index (χ2n) is 4.82. The van der Waals surface area contributed by atoms with Crippen LogP contribution in [0.2, 0.25) is 0 Å². The van der Waals surface area contributed by atoms with Crippen LogP contribution in [0.4, 0.5) is 4.39 Å². The van der Waals surface area contributed by atoms with E-state index in [-0.39, 0.29) is 12.4 Å². The van der Waals surface area contributed by atoms with Crippen molar-refractivity contribution in [1.82, 2.24) is 0 Å². The quantitative estimate of drug-likeness (QED) is 0.622. The Morgan fingerprint density at radius 3 is 2.62 bits per heavy atom. The van der Waals surface area contributed by atoms with E-state index in [9.17, 15) is 9.18 Å². The highest BCUT2D eigenvalue weighted by molar-refractivity contribution is 6.11. The van der Waals surface area contributed by atoms with E-state index >= 15 is 0 Å². The fraction of sp³-hybridized carbons (Fsp3) is 0.235. The number of halogens is 1. The Morgan fingerprint density at radius 1 is 1.14 bits per heavy atom. The Labute approximate surface area is 123 Å². The van der Waals surface area contributed by atoms with Crippen molar-refractivity contribution in [2.45, 2.75) is 13.8 Å². The first kappa shape index (κ1) is 15.2. The summed E-state index contributed by atoms with van der Waals surface area (Å²) in [6.07, 6.45) is 0. The first-order valence-corrected chi connectivity index (χ1v) is 6.56. The van der Waals surface area contributed by atoms with E-state index in [0.717, 1.165) is 5.56 Å². The van der Waals surface area contributed by atoms with Gasteiger partial charge in [-0.05, 0) is 37.6 Å². The molecule has 0 radical (unpaired) electrons. The van der Waals surface area contributed by atoms with Gasteiger partial charge in [-0.1, -0.05) is 23.8 Å². The van der Waals surface area contributed by atoms with Crippen molar-refractivity contribution >= 4 is 5.78 Å². The molecule has 0 aliphatic carbocycles. The summed E-state index contributed by atoms with van der Waals surface area (Å²) in [5, 5.41) is 0. The third-order valence-electron chi connectivity index (χ3n) is 3.15. The van der Waals surface area contributed by atoms with E-state index in [4.69, 9.17) is 9.47 Å². The van der Waals surface area contributed by atoms with Crippen LogP contribution in [-0.4, -0.2) is 19.7 Å². The van der Waals surface area contributed by atoms with E-state index in [0.29, 0.717) is 16.9 Å². The zero-order chi connectivity index (χ0) is 15.4. The standard InChI is InChI=1S/C17H17FO3/c1-11-7-8-15(21-10-20-3)14(9-11)17(19)13-6-4-5-12(2)16(13)18/h4-9H,10H2,1-3H3. The molecule has 0 aromatic heterocycles. The van der Waals surface area contributed by atoms with Crippen LogP contribution < -0.4 is 4.74 Å². The molecule has 0 N–H and O–H groups in total. The lowest BCUT2D eigenvalue weighted by Crippen LogP contribution is -2.09. The number of methoxy groups -OCH3 is 1. The SMILES string of the molecule is COCOc1ccc(C)cc1C(=O)c1cccc(C)c1F. The molecule has 0 saturated heterocycles. The van der Waals surface area contributed by atoms with Crippen LogP contribution in [0.5, 0.6) is 5.75 Å². The molecule has 0 aliphatic heterocycles. The topological polar surface area (TPSA) is 35.5 Å². The lowest BCUT2D eigenvalue weighted by molar-refractivity contribution is 0.0503. The third-order valence-corrected chi connectivity index (χ3v) is 3.15. The first-order valence-electron chi connectivity index (χ1n) is 6.56. The van der Waals surface area contributed by atoms with Crippen molar-refractivity contribution in [2.75, 3.05) is 13.9 Å². The molecular weight excluding hydrogens is 271 g/mol. The number of carbonyl (C=O) groups is 1. The second-order valence-corrected chi connectivity index (χ2v) is 4.82. The van der Waals surface area contributed by atoms with Crippen molar-refractivity contribution in [3.05, 3.63) is 64.5 Å². The van der Waals surface area contributed by atoms with E-state index in [1.807, 2.05) is 13.0 Å². The van der Waals surface area contributed by atoms with Crippen molar-refractivity contribution in [3.8, 4) is 5.75 Å². The van der Waals surface area contributed by atoms with Gasteiger partial charge in [0.15, 0.2) is 12.6 Å². The van der Waals surface area contributed by atoms with E-state index < -0.39 is 11.6 Å². The summed E-state index contributed by atoms with van der Waals surface area (Å²) >= 11 is 0. The van der Waals surface area contributed by atoms with Gasteiger partial charge in [-0.3, -0.25) is 4.79 Å². The number of hydrogen-bond donors (Lipinski definition) is 0. The number of ether oxygens (including phenoxy) is 2. The molecule has 2 aromatic rings. The summed E-state index contributed by atoms with van der Waals surface area (Å²) in [4.78, 5) is 12.6. The first-order chi connectivity index (χ1) is 10.0. The van der Waals surface area contributed by atoms with Crippen LogP contribution in [0.15, 0.2) is 36.4 Å². The minimum Gasteiger partial charge on any atom is -0.467 e. The monoisotopic (exact) mass is 288 g/mol. The minimum atomic E-state index is -0.498. The Balaban J connectivity index is 2.47. The Morgan fingerprint density at radius 2 is 1.90 bits per heavy atom. The van der Waals surface area contributed by atoms with Gasteiger partial charge in [0.05, 0.1) is 11.1 Å². The van der Waals surface area contributed by atoms with Gasteiger partial charge >= 0.3 is 0 Å². The molecule has 0 aliphatic rings. The highest BCUT2D eigenvalue weighted by Crippen LogP contribution is 2.25. The molecule has 0 spiro atoms. The fourth-order valence-electron chi connectivity index (χ4n) is 2.04. The molecule has 0 atom stereocenters. The van der Waals surface area contributed by atoms with Crippen molar-refractivity contribution in [1.29, 1.82) is 0 Å². The molecule has 0 heterocycles. The molecule has 4 heteroatoms. The highest BCUT2D eigenvalue weighted by atomic mass is 19.1. The molecule has 0 unspecified atom stereocenters. The molecule has 0 amide bonds. The molecule has 21 heavy (non-hydrogen) atoms. The highest BCUT2D eigenvalue weighted by Gasteiger charge is 2.19. The number of benzene rings is 2. The molecule has 0 fully saturated rings. The molecule has 110 valence electrons. The van der Waals surface area contributed by atoms with Crippen LogP contribution in [0.1, 0.15) is 27.0 Å². The number of ketones is 1. The summed E-state index contributed by atoms with van der Waals surface area (Å²) in [5.41, 5.74) is 1.71. The van der Waals surface area contributed by atoms with Gasteiger partial charge in [-0.2, -0.15) is 0 Å². The Bertz CT molecular complexity index is 665. The second kappa shape index (κ2) is 6.50. The van der Waals surface area contributed by atoms with Crippen LogP contribution in [0.3, 0.4) is 0 Å². The number of aryl methyl sites for hydroxylation is 2. The van der Waals surface area contributed by atoms with E-state index in [1.165, 1.54) is 13.2 Å². The number of carbonyl (C=O) groups excluding carboxylic acids is 1. The summed E-state index contributed by atoms with van der Waals surface area (Å²) in [6.45, 7) is 3.52. The summed E-state index contributed by atoms with van der Waals surface area (Å²) in [5.74, 6) is -0.513. The fourth-order valence-corrected chi connectivity index (χ4v) is 2.04. The number of hydrogen-bond acceptors (Lipinski definition) is 3. The molecular formula is C17H17FO3. The van der Waals surface area contributed by atoms with Gasteiger partial charge in [0.2, 0.25) is 0 Å². The van der Waals surface area contributed by atoms with E-state index in [2.05, 4.69) is 0 Å². The Hall–Kier alpha value is -2.20. The summed E-state index contributed by atoms with van der Waals surface area (Å²) in [7, 11) is 1.50. The number of rotatable bonds is 5. The van der Waals surface area contributed by atoms with Gasteiger partial charge in [0.1, 0.15) is 11.6 Å². The molecule has 3 nitrogen and oxygen atoms in total. The Kier molecular flexibility index (Phi) is 4.70. The van der Waals surface area contributed by atoms with E-state index in [1.54, 1.807) is 31.2 Å². The summed E-state index contributed by atoms with van der Waals surface area (Å²) in [6, 6.07) is 9.98. The molecule has 0 saturated carbocycles. The lowest BCUT2D eigenvalue weighted by atomic mass is 9.99. The predicted molar refractivity (Wildman–Crippen MR) is 78.3 cm³/mol. The minimum absolute atomic E-state index is 0.0274. The van der Waals surface area contributed by atoms with Crippen LogP contribution in [-0.2, 0) is 4.74 Å². The van der Waals surface area contributed by atoms with Gasteiger partial charge in [0.25, 0.3) is 0 Å². The maximum Gasteiger partial charge on any atom is 0.199 e. The average molecular weight is 288 g/mol. The molecule has 0 bridgehead atoms. The maximum absolute atomic E-state index is 14.1. The van der Waals surface area contributed by atoms with Gasteiger partial charge in [-0.15, -0.1) is 0 Å². The van der Waals surface area contributed by atoms with Crippen molar-refractivity contribution < 1.29 is 18.7 Å². The largest absolute Gasteiger partial charge is 0.467 e. The third kappa shape index (κ3) is 3.28. The molecule has 2 rings (SSSR count). The normalized spacial score (nSPS) is 10.5. The smallest absolute Gasteiger partial charge is 0.199 e. The van der Waals surface area contributed by atoms with Gasteiger partial charge in [-0.25, -0.2) is 4.39 Å². The maximum atomic E-state index is 14.1. The lowest BCUT2D eigenvalue weighted by Gasteiger charge is -2.12. The van der Waals surface area contributed by atoms with Crippen LogP contribution in [0.25, 0.3) is 0 Å². The molecule has 2 aromatic carbocycles. The zero-order valence-electron chi connectivity index (χ0n) is 12.3. The zero-order valence-corrected chi connectivity index (χ0v) is 12.3. The van der Waals surface area contributed by atoms with Crippen LogP contribution >= 0.6 is 0 Å². The van der Waals surface area contributed by atoms with Crippen molar-refractivity contribution in [3.63, 3.8) is 0 Å². The predicted octanol–water partition coefficient (Wildman–Crippen LogP) is 3.66. The average Bonchev–Trinajstić information content (AvgIpc) is 2.48.